The minimum Gasteiger partial charge on any atom is -0.321 e. The van der Waals surface area contributed by atoms with Crippen molar-refractivity contribution in [3.63, 3.8) is 0 Å². The van der Waals surface area contributed by atoms with E-state index >= 15 is 0 Å². The molecule has 12 heavy (non-hydrogen) atoms. The third-order valence-corrected chi connectivity index (χ3v) is 2.49. The van der Waals surface area contributed by atoms with Crippen LogP contribution in [0.4, 0.5) is 4.39 Å². The summed E-state index contributed by atoms with van der Waals surface area (Å²) in [7, 11) is 0. The van der Waals surface area contributed by atoms with E-state index in [1.807, 2.05) is 0 Å². The quantitative estimate of drug-likeness (QED) is 0.715. The Hall–Kier alpha value is -0.600. The summed E-state index contributed by atoms with van der Waals surface area (Å²) < 4.78 is 13.2. The molecule has 0 aliphatic heterocycles. The monoisotopic (exact) mass is 185 g/mol. The zero-order valence-electron chi connectivity index (χ0n) is 6.48. The van der Waals surface area contributed by atoms with Crippen LogP contribution in [0.1, 0.15) is 18.4 Å². The molecule has 0 aromatic heterocycles. The van der Waals surface area contributed by atoms with Crippen LogP contribution in [0.2, 0.25) is 5.02 Å². The van der Waals surface area contributed by atoms with Crippen molar-refractivity contribution in [2.45, 2.75) is 18.4 Å². The minimum atomic E-state index is -0.408. The van der Waals surface area contributed by atoms with Gasteiger partial charge in [0, 0.05) is 16.1 Å². The summed E-state index contributed by atoms with van der Waals surface area (Å²) >= 11 is 5.61. The lowest BCUT2D eigenvalue weighted by Gasteiger charge is -2.09. The van der Waals surface area contributed by atoms with Gasteiger partial charge in [0.05, 0.1) is 0 Å². The number of hydrogen-bond acceptors (Lipinski definition) is 1. The summed E-state index contributed by atoms with van der Waals surface area (Å²) in [6.45, 7) is 0. The summed E-state index contributed by atoms with van der Waals surface area (Å²) in [5.74, 6) is -0.289. The predicted molar refractivity (Wildman–Crippen MR) is 46.5 cm³/mol. The molecule has 3 heteroatoms. The van der Waals surface area contributed by atoms with Gasteiger partial charge >= 0.3 is 0 Å². The molecule has 0 amide bonds. The predicted octanol–water partition coefficient (Wildman–Crippen LogP) is 2.43. The van der Waals surface area contributed by atoms with E-state index in [-0.39, 0.29) is 5.82 Å². The standard InChI is InChI=1S/C9H9ClFN/c10-6-1-2-7(8(11)5-6)9(12)3-4-9/h1-2,5H,3-4,12H2. The van der Waals surface area contributed by atoms with E-state index in [1.165, 1.54) is 6.07 Å². The summed E-state index contributed by atoms with van der Waals surface area (Å²) in [6.07, 6.45) is 1.73. The average Bonchev–Trinajstić information content (AvgIpc) is 2.68. The van der Waals surface area contributed by atoms with Crippen molar-refractivity contribution in [3.05, 3.63) is 34.6 Å². The lowest BCUT2D eigenvalue weighted by Crippen LogP contribution is -2.20. The van der Waals surface area contributed by atoms with E-state index in [0.717, 1.165) is 12.8 Å². The van der Waals surface area contributed by atoms with Gasteiger partial charge in [0.2, 0.25) is 0 Å². The van der Waals surface area contributed by atoms with Gasteiger partial charge in [-0.15, -0.1) is 0 Å². The highest BCUT2D eigenvalue weighted by atomic mass is 35.5. The Morgan fingerprint density at radius 3 is 2.58 bits per heavy atom. The first-order valence-corrected chi connectivity index (χ1v) is 4.24. The third kappa shape index (κ3) is 1.21. The Labute approximate surface area is 75.3 Å². The molecule has 1 aliphatic carbocycles. The van der Waals surface area contributed by atoms with E-state index in [2.05, 4.69) is 0 Å². The molecule has 0 heterocycles. The molecule has 64 valence electrons. The van der Waals surface area contributed by atoms with E-state index in [0.29, 0.717) is 10.6 Å². The van der Waals surface area contributed by atoms with Gasteiger partial charge in [-0.25, -0.2) is 4.39 Å². The van der Waals surface area contributed by atoms with Crippen LogP contribution in [0.3, 0.4) is 0 Å². The van der Waals surface area contributed by atoms with Crippen LogP contribution >= 0.6 is 11.6 Å². The Balaban J connectivity index is 2.45. The normalized spacial score (nSPS) is 19.2. The number of benzene rings is 1. The lowest BCUT2D eigenvalue weighted by atomic mass is 10.1. The van der Waals surface area contributed by atoms with Crippen molar-refractivity contribution in [3.8, 4) is 0 Å². The van der Waals surface area contributed by atoms with Crippen molar-refractivity contribution in [1.29, 1.82) is 0 Å². The maximum Gasteiger partial charge on any atom is 0.129 e. The molecule has 0 radical (unpaired) electrons. The molecule has 1 aliphatic rings. The van der Waals surface area contributed by atoms with Crippen molar-refractivity contribution >= 4 is 11.6 Å². The first-order chi connectivity index (χ1) is 5.62. The maximum atomic E-state index is 13.2. The SMILES string of the molecule is NC1(c2ccc(Cl)cc2F)CC1. The molecular weight excluding hydrogens is 177 g/mol. The van der Waals surface area contributed by atoms with E-state index in [4.69, 9.17) is 17.3 Å². The second-order valence-corrected chi connectivity index (χ2v) is 3.72. The Kier molecular flexibility index (Phi) is 1.63. The fourth-order valence-corrected chi connectivity index (χ4v) is 1.46. The molecule has 1 saturated carbocycles. The third-order valence-electron chi connectivity index (χ3n) is 2.26. The number of nitrogens with two attached hydrogens (primary N) is 1. The molecule has 0 atom stereocenters. The Bertz CT molecular complexity index is 320. The minimum absolute atomic E-state index is 0.289. The molecule has 0 bridgehead atoms. The molecule has 1 fully saturated rings. The number of hydrogen-bond donors (Lipinski definition) is 1. The van der Waals surface area contributed by atoms with Crippen LogP contribution in [-0.2, 0) is 5.54 Å². The van der Waals surface area contributed by atoms with Gasteiger partial charge in [0.25, 0.3) is 0 Å². The van der Waals surface area contributed by atoms with Crippen LogP contribution in [-0.4, -0.2) is 0 Å². The fraction of sp³-hybridized carbons (Fsp3) is 0.333. The van der Waals surface area contributed by atoms with Crippen molar-refractivity contribution in [2.75, 3.05) is 0 Å². The number of halogens is 2. The molecule has 1 nitrogen and oxygen atoms in total. The zero-order chi connectivity index (χ0) is 8.77. The first kappa shape index (κ1) is 8.02. The summed E-state index contributed by atoms with van der Waals surface area (Å²) in [4.78, 5) is 0. The highest BCUT2D eigenvalue weighted by Gasteiger charge is 2.41. The summed E-state index contributed by atoms with van der Waals surface area (Å²) in [6, 6.07) is 4.65. The first-order valence-electron chi connectivity index (χ1n) is 3.86. The highest BCUT2D eigenvalue weighted by Crippen LogP contribution is 2.43. The van der Waals surface area contributed by atoms with Crippen molar-refractivity contribution < 1.29 is 4.39 Å². The van der Waals surface area contributed by atoms with Gasteiger partial charge in [-0.1, -0.05) is 17.7 Å². The second-order valence-electron chi connectivity index (χ2n) is 3.28. The maximum absolute atomic E-state index is 13.2. The molecule has 1 aromatic rings. The largest absolute Gasteiger partial charge is 0.321 e. The van der Waals surface area contributed by atoms with Crippen LogP contribution in [0.25, 0.3) is 0 Å². The lowest BCUT2D eigenvalue weighted by molar-refractivity contribution is 0.578. The van der Waals surface area contributed by atoms with Gasteiger partial charge in [0.15, 0.2) is 0 Å². The average molecular weight is 186 g/mol. The second kappa shape index (κ2) is 2.44. The van der Waals surface area contributed by atoms with Gasteiger partial charge in [-0.2, -0.15) is 0 Å². The van der Waals surface area contributed by atoms with E-state index in [9.17, 15) is 4.39 Å². The van der Waals surface area contributed by atoms with Gasteiger partial charge in [0.1, 0.15) is 5.82 Å². The summed E-state index contributed by atoms with van der Waals surface area (Å²) in [5, 5.41) is 0.417. The molecular formula is C9H9ClFN. The van der Waals surface area contributed by atoms with Crippen molar-refractivity contribution in [1.82, 2.24) is 0 Å². The van der Waals surface area contributed by atoms with Gasteiger partial charge < -0.3 is 5.73 Å². The van der Waals surface area contributed by atoms with Crippen LogP contribution in [0.5, 0.6) is 0 Å². The highest BCUT2D eigenvalue weighted by molar-refractivity contribution is 6.30. The molecule has 0 spiro atoms. The zero-order valence-corrected chi connectivity index (χ0v) is 7.24. The Morgan fingerprint density at radius 1 is 1.42 bits per heavy atom. The fourth-order valence-electron chi connectivity index (χ4n) is 1.30. The summed E-state index contributed by atoms with van der Waals surface area (Å²) in [5.41, 5.74) is 6.02. The topological polar surface area (TPSA) is 26.0 Å². The molecule has 2 N–H and O–H groups in total. The van der Waals surface area contributed by atoms with Gasteiger partial charge in [-0.05, 0) is 25.0 Å². The molecule has 2 rings (SSSR count). The van der Waals surface area contributed by atoms with Crippen LogP contribution < -0.4 is 5.73 Å². The van der Waals surface area contributed by atoms with Crippen molar-refractivity contribution in [2.24, 2.45) is 5.73 Å². The van der Waals surface area contributed by atoms with E-state index in [1.54, 1.807) is 12.1 Å². The molecule has 0 unspecified atom stereocenters. The van der Waals surface area contributed by atoms with Crippen LogP contribution in [0.15, 0.2) is 18.2 Å². The van der Waals surface area contributed by atoms with Crippen LogP contribution in [0, 0.1) is 5.82 Å². The Morgan fingerprint density at radius 2 is 2.08 bits per heavy atom. The smallest absolute Gasteiger partial charge is 0.129 e. The van der Waals surface area contributed by atoms with Gasteiger partial charge in [-0.3, -0.25) is 0 Å². The molecule has 1 aromatic carbocycles. The molecule has 0 saturated heterocycles. The van der Waals surface area contributed by atoms with E-state index < -0.39 is 5.54 Å². The number of rotatable bonds is 1.